The number of aromatic nitrogens is 2. The van der Waals surface area contributed by atoms with Gasteiger partial charge in [0.2, 0.25) is 0 Å². The second-order valence-corrected chi connectivity index (χ2v) is 5.94. The van der Waals surface area contributed by atoms with Crippen molar-refractivity contribution in [1.29, 1.82) is 0 Å². The first-order valence-corrected chi connectivity index (χ1v) is 6.90. The number of pyridine rings is 1. The number of alkyl carbamates (subject to hydrolysis) is 1. The van der Waals surface area contributed by atoms with Crippen molar-refractivity contribution in [2.45, 2.75) is 38.8 Å². The fourth-order valence-electron chi connectivity index (χ4n) is 2.07. The molecule has 6 heteroatoms. The Morgan fingerprint density at radius 3 is 2.95 bits per heavy atom. The summed E-state index contributed by atoms with van der Waals surface area (Å²) in [6, 6.07) is 3.37. The van der Waals surface area contributed by atoms with Crippen molar-refractivity contribution in [3.63, 3.8) is 0 Å². The maximum absolute atomic E-state index is 11.8. The summed E-state index contributed by atoms with van der Waals surface area (Å²) >= 11 is 0. The van der Waals surface area contributed by atoms with Gasteiger partial charge in [-0.25, -0.2) is 4.79 Å². The van der Waals surface area contributed by atoms with Crippen LogP contribution in [0.15, 0.2) is 24.5 Å². The number of nitrogens with one attached hydrogen (secondary N) is 2. The van der Waals surface area contributed by atoms with Gasteiger partial charge in [-0.05, 0) is 44.9 Å². The average Bonchev–Trinajstić information content (AvgIpc) is 2.79. The number of aromatic amines is 1. The summed E-state index contributed by atoms with van der Waals surface area (Å²) in [7, 11) is 0. The zero-order valence-electron chi connectivity index (χ0n) is 12.5. The number of hydrogen-bond acceptors (Lipinski definition) is 4. The highest BCUT2D eigenvalue weighted by atomic mass is 16.6. The number of aliphatic hydroxyl groups excluding tert-OH is 1. The minimum atomic E-state index is -0.563. The third-order valence-corrected chi connectivity index (χ3v) is 2.92. The Hall–Kier alpha value is -2.08. The molecule has 114 valence electrons. The van der Waals surface area contributed by atoms with Gasteiger partial charge in [0.15, 0.2) is 0 Å². The van der Waals surface area contributed by atoms with E-state index >= 15 is 0 Å². The van der Waals surface area contributed by atoms with Crippen molar-refractivity contribution in [3.05, 3.63) is 30.1 Å². The van der Waals surface area contributed by atoms with Crippen LogP contribution in [0.2, 0.25) is 0 Å². The van der Waals surface area contributed by atoms with Crippen LogP contribution in [0.4, 0.5) is 4.79 Å². The lowest BCUT2D eigenvalue weighted by Gasteiger charge is -2.22. The first-order chi connectivity index (χ1) is 9.89. The molecule has 6 nitrogen and oxygen atoms in total. The summed E-state index contributed by atoms with van der Waals surface area (Å²) in [4.78, 5) is 19.2. The number of nitrogens with zero attached hydrogens (tertiary/aromatic N) is 1. The SMILES string of the molecule is CC(C)(C)OC(=O)N[C@H](CO)Cc1c[nH]c2cccnc12. The lowest BCUT2D eigenvalue weighted by atomic mass is 10.1. The molecule has 3 N–H and O–H groups in total. The number of H-pyrrole nitrogens is 1. The second-order valence-electron chi connectivity index (χ2n) is 5.94. The molecule has 2 heterocycles. The molecule has 0 saturated heterocycles. The van der Waals surface area contributed by atoms with Crippen LogP contribution in [-0.2, 0) is 11.2 Å². The lowest BCUT2D eigenvalue weighted by Crippen LogP contribution is -2.42. The third-order valence-electron chi connectivity index (χ3n) is 2.92. The molecule has 21 heavy (non-hydrogen) atoms. The Morgan fingerprint density at radius 2 is 2.29 bits per heavy atom. The topological polar surface area (TPSA) is 87.2 Å². The van der Waals surface area contributed by atoms with Crippen LogP contribution in [0.3, 0.4) is 0 Å². The molecule has 2 aromatic heterocycles. The lowest BCUT2D eigenvalue weighted by molar-refractivity contribution is 0.0483. The number of carbonyl (C=O) groups is 1. The Bertz CT molecular complexity index is 616. The number of hydrogen-bond donors (Lipinski definition) is 3. The fraction of sp³-hybridized carbons (Fsp3) is 0.467. The first-order valence-electron chi connectivity index (χ1n) is 6.90. The van der Waals surface area contributed by atoms with Crippen molar-refractivity contribution >= 4 is 17.1 Å². The minimum absolute atomic E-state index is 0.168. The third kappa shape index (κ3) is 4.19. The van der Waals surface area contributed by atoms with E-state index in [1.165, 1.54) is 0 Å². The number of fused-ring (bicyclic) bond motifs is 1. The number of rotatable bonds is 4. The first kappa shape index (κ1) is 15.3. The van der Waals surface area contributed by atoms with E-state index in [0.29, 0.717) is 6.42 Å². The molecular formula is C15H21N3O3. The van der Waals surface area contributed by atoms with E-state index in [0.717, 1.165) is 16.6 Å². The van der Waals surface area contributed by atoms with Crippen molar-refractivity contribution in [3.8, 4) is 0 Å². The molecule has 0 aromatic carbocycles. The average molecular weight is 291 g/mol. The van der Waals surface area contributed by atoms with Gasteiger partial charge in [-0.3, -0.25) is 4.98 Å². The van der Waals surface area contributed by atoms with E-state index in [9.17, 15) is 9.90 Å². The van der Waals surface area contributed by atoms with Crippen LogP contribution in [0.5, 0.6) is 0 Å². The molecule has 0 unspecified atom stereocenters. The van der Waals surface area contributed by atoms with Crippen LogP contribution >= 0.6 is 0 Å². The monoisotopic (exact) mass is 291 g/mol. The molecule has 0 fully saturated rings. The minimum Gasteiger partial charge on any atom is -0.444 e. The molecule has 0 aliphatic rings. The number of carbonyl (C=O) groups excluding carboxylic acids is 1. The molecule has 2 rings (SSSR count). The van der Waals surface area contributed by atoms with Crippen molar-refractivity contribution < 1.29 is 14.6 Å². The van der Waals surface area contributed by atoms with Gasteiger partial charge in [-0.15, -0.1) is 0 Å². The maximum atomic E-state index is 11.8. The Labute approximate surface area is 123 Å². The molecule has 0 radical (unpaired) electrons. The highest BCUT2D eigenvalue weighted by Gasteiger charge is 2.20. The second kappa shape index (κ2) is 6.13. The number of amides is 1. The number of aliphatic hydroxyl groups is 1. The van der Waals surface area contributed by atoms with E-state index in [1.807, 2.05) is 18.3 Å². The van der Waals surface area contributed by atoms with E-state index in [4.69, 9.17) is 4.74 Å². The van der Waals surface area contributed by atoms with Gasteiger partial charge in [0.05, 0.1) is 23.7 Å². The quantitative estimate of drug-likeness (QED) is 0.804. The number of ether oxygens (including phenoxy) is 1. The largest absolute Gasteiger partial charge is 0.444 e. The summed E-state index contributed by atoms with van der Waals surface area (Å²) in [5, 5.41) is 12.1. The molecule has 0 bridgehead atoms. The van der Waals surface area contributed by atoms with Crippen molar-refractivity contribution in [2.24, 2.45) is 0 Å². The maximum Gasteiger partial charge on any atom is 0.407 e. The molecule has 0 aliphatic heterocycles. The summed E-state index contributed by atoms with van der Waals surface area (Å²) in [6.07, 6.45) is 3.51. The van der Waals surface area contributed by atoms with Crippen molar-refractivity contribution in [1.82, 2.24) is 15.3 Å². The van der Waals surface area contributed by atoms with Gasteiger partial charge in [-0.1, -0.05) is 0 Å². The molecule has 2 aromatic rings. The Kier molecular flexibility index (Phi) is 4.47. The van der Waals surface area contributed by atoms with Gasteiger partial charge < -0.3 is 20.1 Å². The Balaban J connectivity index is 2.04. The molecule has 0 spiro atoms. The van der Waals surface area contributed by atoms with Crippen LogP contribution in [0, 0.1) is 0 Å². The van der Waals surface area contributed by atoms with Gasteiger partial charge in [-0.2, -0.15) is 0 Å². The smallest absolute Gasteiger partial charge is 0.407 e. The predicted octanol–water partition coefficient (Wildman–Crippen LogP) is 1.99. The summed E-state index contributed by atoms with van der Waals surface area (Å²) in [6.45, 7) is 5.22. The van der Waals surface area contributed by atoms with E-state index in [1.54, 1.807) is 27.0 Å². The normalized spacial score (nSPS) is 13.1. The summed E-state index contributed by atoms with van der Waals surface area (Å²) < 4.78 is 5.19. The van der Waals surface area contributed by atoms with Gasteiger partial charge >= 0.3 is 6.09 Å². The van der Waals surface area contributed by atoms with Gasteiger partial charge in [0, 0.05) is 12.4 Å². The standard InChI is InChI=1S/C15H21N3O3/c1-15(2,3)21-14(20)18-11(9-19)7-10-8-17-12-5-4-6-16-13(10)12/h4-6,8,11,17,19H,7,9H2,1-3H3,(H,18,20)/t11-/m0/s1. The summed E-state index contributed by atoms with van der Waals surface area (Å²) in [5.41, 5.74) is 2.16. The van der Waals surface area contributed by atoms with Crippen LogP contribution in [-0.4, -0.2) is 39.4 Å². The van der Waals surface area contributed by atoms with Gasteiger partial charge in [0.1, 0.15) is 5.60 Å². The van der Waals surface area contributed by atoms with Crippen molar-refractivity contribution in [2.75, 3.05) is 6.61 Å². The van der Waals surface area contributed by atoms with E-state index in [-0.39, 0.29) is 6.61 Å². The fourth-order valence-corrected chi connectivity index (χ4v) is 2.07. The molecule has 1 amide bonds. The molecule has 1 atom stereocenters. The van der Waals surface area contributed by atoms with E-state index < -0.39 is 17.7 Å². The van der Waals surface area contributed by atoms with Crippen LogP contribution in [0.1, 0.15) is 26.3 Å². The molecule has 0 saturated carbocycles. The van der Waals surface area contributed by atoms with Gasteiger partial charge in [0.25, 0.3) is 0 Å². The Morgan fingerprint density at radius 1 is 1.52 bits per heavy atom. The highest BCUT2D eigenvalue weighted by Crippen LogP contribution is 2.16. The molecule has 0 aliphatic carbocycles. The van der Waals surface area contributed by atoms with Crippen LogP contribution in [0.25, 0.3) is 11.0 Å². The summed E-state index contributed by atoms with van der Waals surface area (Å²) in [5.74, 6) is 0. The van der Waals surface area contributed by atoms with E-state index in [2.05, 4.69) is 15.3 Å². The zero-order chi connectivity index (χ0) is 15.5. The predicted molar refractivity (Wildman–Crippen MR) is 80.0 cm³/mol. The highest BCUT2D eigenvalue weighted by molar-refractivity contribution is 5.78. The molecular weight excluding hydrogens is 270 g/mol. The zero-order valence-corrected chi connectivity index (χ0v) is 12.5. The van der Waals surface area contributed by atoms with Crippen LogP contribution < -0.4 is 5.32 Å².